The molecular weight excluding hydrogens is 475 g/mol. The van der Waals surface area contributed by atoms with Gasteiger partial charge >= 0.3 is 12.1 Å². The number of thioether (sulfide) groups is 1. The molecule has 0 bridgehead atoms. The summed E-state index contributed by atoms with van der Waals surface area (Å²) in [6.45, 7) is 1.78. The van der Waals surface area contributed by atoms with Crippen LogP contribution in [0.3, 0.4) is 0 Å². The topological polar surface area (TPSA) is 83.5 Å². The Hall–Kier alpha value is -2.98. The highest BCUT2D eigenvalue weighted by Gasteiger charge is 2.29. The smallest absolute Gasteiger partial charge is 0.416 e. The molecule has 5 nitrogen and oxygen atoms in total. The molecule has 0 heterocycles. The molecule has 3 aromatic rings. The van der Waals surface area contributed by atoms with E-state index in [1.807, 2.05) is 0 Å². The molecule has 0 aromatic heterocycles. The molecule has 0 atom stereocenters. The normalized spacial score (nSPS) is 11.9. The van der Waals surface area contributed by atoms with Crippen molar-refractivity contribution in [1.29, 1.82) is 0 Å². The zero-order valence-corrected chi connectivity index (χ0v) is 19.0. The summed E-state index contributed by atoms with van der Waals surface area (Å²) in [6, 6.07) is 15.4. The monoisotopic (exact) mass is 495 g/mol. The SMILES string of the molecule is CCc1ccc(S(=O)(=O)Nc2ccc(SCc3ccc(C(F)(F)F)cc3)cc2)cc1C(=O)O. The molecule has 0 radical (unpaired) electrons. The van der Waals surface area contributed by atoms with Crippen molar-refractivity contribution >= 4 is 33.4 Å². The number of hydrogen-bond acceptors (Lipinski definition) is 4. The van der Waals surface area contributed by atoms with Gasteiger partial charge in [-0.2, -0.15) is 13.2 Å². The number of sulfonamides is 1. The number of benzene rings is 3. The molecule has 0 saturated carbocycles. The van der Waals surface area contributed by atoms with Crippen LogP contribution < -0.4 is 4.72 Å². The van der Waals surface area contributed by atoms with Crippen molar-refractivity contribution in [2.45, 2.75) is 35.1 Å². The predicted molar refractivity (Wildman–Crippen MR) is 121 cm³/mol. The fourth-order valence-corrected chi connectivity index (χ4v) is 4.96. The van der Waals surface area contributed by atoms with Crippen LogP contribution >= 0.6 is 11.8 Å². The van der Waals surface area contributed by atoms with Gasteiger partial charge in [-0.05, 0) is 66.1 Å². The number of carboxylic acids is 1. The molecule has 0 aliphatic heterocycles. The van der Waals surface area contributed by atoms with E-state index in [4.69, 9.17) is 0 Å². The summed E-state index contributed by atoms with van der Waals surface area (Å²) in [5, 5.41) is 9.32. The van der Waals surface area contributed by atoms with Crippen LogP contribution in [0.4, 0.5) is 18.9 Å². The summed E-state index contributed by atoms with van der Waals surface area (Å²) < 4.78 is 65.7. The Bertz CT molecular complexity index is 1240. The maximum atomic E-state index is 12.7. The van der Waals surface area contributed by atoms with Gasteiger partial charge in [0.25, 0.3) is 10.0 Å². The molecule has 0 saturated heterocycles. The first-order valence-corrected chi connectivity index (χ1v) is 12.2. The molecule has 0 aliphatic carbocycles. The van der Waals surface area contributed by atoms with E-state index in [9.17, 15) is 31.5 Å². The van der Waals surface area contributed by atoms with Crippen LogP contribution in [-0.2, 0) is 28.4 Å². The van der Waals surface area contributed by atoms with Crippen molar-refractivity contribution < 1.29 is 31.5 Å². The van der Waals surface area contributed by atoms with E-state index in [2.05, 4.69) is 4.72 Å². The van der Waals surface area contributed by atoms with Crippen LogP contribution in [0.15, 0.2) is 76.5 Å². The Balaban J connectivity index is 1.66. The molecule has 174 valence electrons. The summed E-state index contributed by atoms with van der Waals surface area (Å²) in [5.74, 6) is -0.747. The lowest BCUT2D eigenvalue weighted by molar-refractivity contribution is -0.137. The van der Waals surface area contributed by atoms with Gasteiger partial charge < -0.3 is 5.11 Å². The maximum Gasteiger partial charge on any atom is 0.416 e. The van der Waals surface area contributed by atoms with Gasteiger partial charge in [-0.3, -0.25) is 4.72 Å². The maximum absolute atomic E-state index is 12.7. The number of halogens is 3. The fraction of sp³-hybridized carbons (Fsp3) is 0.174. The van der Waals surface area contributed by atoms with E-state index in [0.29, 0.717) is 23.4 Å². The Labute approximate surface area is 193 Å². The molecule has 0 amide bonds. The van der Waals surface area contributed by atoms with Crippen LogP contribution in [0.1, 0.15) is 34.0 Å². The molecule has 3 aromatic carbocycles. The minimum atomic E-state index is -4.37. The molecule has 2 N–H and O–H groups in total. The second kappa shape index (κ2) is 9.88. The number of carboxylic acid groups (broad SMARTS) is 1. The Morgan fingerprint density at radius 1 is 1.00 bits per heavy atom. The summed E-state index contributed by atoms with van der Waals surface area (Å²) in [7, 11) is -3.99. The minimum absolute atomic E-state index is 0.0598. The molecule has 0 unspecified atom stereocenters. The quantitative estimate of drug-likeness (QED) is 0.371. The van der Waals surface area contributed by atoms with Gasteiger partial charge in [0.2, 0.25) is 0 Å². The van der Waals surface area contributed by atoms with Gasteiger partial charge in [0.1, 0.15) is 0 Å². The lowest BCUT2D eigenvalue weighted by Gasteiger charge is -2.11. The van der Waals surface area contributed by atoms with Crippen LogP contribution in [0.25, 0.3) is 0 Å². The van der Waals surface area contributed by atoms with E-state index in [0.717, 1.165) is 28.7 Å². The second-order valence-corrected chi connectivity index (χ2v) is 9.82. The summed E-state index contributed by atoms with van der Waals surface area (Å²) in [4.78, 5) is 12.1. The summed E-state index contributed by atoms with van der Waals surface area (Å²) in [5.41, 5.74) is 0.798. The van der Waals surface area contributed by atoms with Crippen molar-refractivity contribution in [3.05, 3.63) is 89.0 Å². The van der Waals surface area contributed by atoms with E-state index in [1.54, 1.807) is 31.2 Å². The van der Waals surface area contributed by atoms with Crippen LogP contribution in [0, 0.1) is 0 Å². The second-order valence-electron chi connectivity index (χ2n) is 7.09. The highest BCUT2D eigenvalue weighted by atomic mass is 32.2. The van der Waals surface area contributed by atoms with Gasteiger partial charge in [-0.1, -0.05) is 25.1 Å². The zero-order valence-electron chi connectivity index (χ0n) is 17.4. The van der Waals surface area contributed by atoms with Gasteiger partial charge in [0.15, 0.2) is 0 Å². The number of hydrogen-bond donors (Lipinski definition) is 2. The average molecular weight is 496 g/mol. The van der Waals surface area contributed by atoms with Crippen molar-refractivity contribution in [2.75, 3.05) is 4.72 Å². The minimum Gasteiger partial charge on any atom is -0.478 e. The third kappa shape index (κ3) is 6.29. The van der Waals surface area contributed by atoms with Crippen LogP contribution in [0.2, 0.25) is 0 Å². The number of aromatic carboxylic acids is 1. The molecule has 0 spiro atoms. The lowest BCUT2D eigenvalue weighted by Crippen LogP contribution is -2.14. The van der Waals surface area contributed by atoms with Gasteiger partial charge in [0.05, 0.1) is 16.0 Å². The first-order valence-electron chi connectivity index (χ1n) is 9.77. The lowest BCUT2D eigenvalue weighted by atomic mass is 10.1. The average Bonchev–Trinajstić information content (AvgIpc) is 2.77. The fourth-order valence-electron chi connectivity index (χ4n) is 3.02. The van der Waals surface area contributed by atoms with Crippen molar-refractivity contribution in [1.82, 2.24) is 0 Å². The summed E-state index contributed by atoms with van der Waals surface area (Å²) in [6.07, 6.45) is -3.91. The number of alkyl halides is 3. The van der Waals surface area contributed by atoms with Crippen molar-refractivity contribution in [2.24, 2.45) is 0 Å². The van der Waals surface area contributed by atoms with E-state index in [1.165, 1.54) is 36.0 Å². The van der Waals surface area contributed by atoms with Crippen LogP contribution in [0.5, 0.6) is 0 Å². The summed E-state index contributed by atoms with van der Waals surface area (Å²) >= 11 is 1.40. The Morgan fingerprint density at radius 2 is 1.64 bits per heavy atom. The molecule has 0 aliphatic rings. The van der Waals surface area contributed by atoms with E-state index >= 15 is 0 Å². The van der Waals surface area contributed by atoms with E-state index < -0.39 is 27.7 Å². The number of rotatable bonds is 8. The van der Waals surface area contributed by atoms with Crippen molar-refractivity contribution in [3.63, 3.8) is 0 Å². The molecular formula is C23H20F3NO4S2. The first-order chi connectivity index (χ1) is 15.5. The number of anilines is 1. The Kier molecular flexibility index (Phi) is 7.38. The number of carbonyl (C=O) groups is 1. The molecule has 33 heavy (non-hydrogen) atoms. The number of aryl methyl sites for hydroxylation is 1. The third-order valence-corrected chi connectivity index (χ3v) is 7.26. The molecule has 10 heteroatoms. The highest BCUT2D eigenvalue weighted by molar-refractivity contribution is 7.98. The standard InChI is InChI=1S/C23H20F3NO4S2/c1-2-16-5-12-20(13-21(16)22(28)29)33(30,31)27-18-8-10-19(11-9-18)32-14-15-3-6-17(7-4-15)23(24,25)26/h3-13,27H,2,14H2,1H3,(H,28,29). The zero-order chi connectivity index (χ0) is 24.2. The predicted octanol–water partition coefficient (Wildman–Crippen LogP) is 6.06. The molecule has 0 fully saturated rings. The highest BCUT2D eigenvalue weighted by Crippen LogP contribution is 2.31. The van der Waals surface area contributed by atoms with Crippen molar-refractivity contribution in [3.8, 4) is 0 Å². The van der Waals surface area contributed by atoms with Gasteiger partial charge in [0, 0.05) is 16.3 Å². The number of nitrogens with one attached hydrogen (secondary N) is 1. The van der Waals surface area contributed by atoms with Crippen LogP contribution in [-0.4, -0.2) is 19.5 Å². The Morgan fingerprint density at radius 3 is 2.18 bits per heavy atom. The first kappa shape index (κ1) is 24.7. The third-order valence-electron chi connectivity index (χ3n) is 4.80. The van der Waals surface area contributed by atoms with Gasteiger partial charge in [-0.15, -0.1) is 11.8 Å². The largest absolute Gasteiger partial charge is 0.478 e. The van der Waals surface area contributed by atoms with Gasteiger partial charge in [-0.25, -0.2) is 13.2 Å². The molecule has 3 rings (SSSR count). The van der Waals surface area contributed by atoms with E-state index in [-0.39, 0.29) is 10.5 Å².